The first-order valence-corrected chi connectivity index (χ1v) is 5.96. The Bertz CT molecular complexity index is 296. The van der Waals surface area contributed by atoms with Crippen molar-refractivity contribution in [1.82, 2.24) is 20.1 Å². The molecule has 4 heteroatoms. The normalized spacial score (nSPS) is 22.8. The van der Waals surface area contributed by atoms with Gasteiger partial charge in [-0.1, -0.05) is 0 Å². The minimum Gasteiger partial charge on any atom is -0.367 e. The number of aromatic amines is 1. The van der Waals surface area contributed by atoms with Gasteiger partial charge in [-0.05, 0) is 25.7 Å². The van der Waals surface area contributed by atoms with E-state index in [1.807, 2.05) is 6.20 Å². The Balaban J connectivity index is 1.76. The smallest absolute Gasteiger partial charge is 0.0323 e. The molecule has 1 saturated heterocycles. The first kappa shape index (κ1) is 11.6. The van der Waals surface area contributed by atoms with Gasteiger partial charge in [0.15, 0.2) is 0 Å². The highest BCUT2D eigenvalue weighted by atomic mass is 15.2. The summed E-state index contributed by atoms with van der Waals surface area (Å²) in [5.74, 6) is 0. The van der Waals surface area contributed by atoms with Crippen molar-refractivity contribution in [2.45, 2.75) is 12.6 Å². The lowest BCUT2D eigenvalue weighted by atomic mass is 10.2. The van der Waals surface area contributed by atoms with Crippen LogP contribution in [0.3, 0.4) is 0 Å². The van der Waals surface area contributed by atoms with E-state index in [0.717, 1.165) is 32.7 Å². The number of hydrogen-bond acceptors (Lipinski definition) is 3. The summed E-state index contributed by atoms with van der Waals surface area (Å²) in [4.78, 5) is 7.86. The topological polar surface area (TPSA) is 34.3 Å². The number of aromatic nitrogens is 1. The number of H-pyrrole nitrogens is 1. The zero-order valence-electron chi connectivity index (χ0n) is 10.2. The van der Waals surface area contributed by atoms with Crippen LogP contribution in [0.15, 0.2) is 18.5 Å². The Labute approximate surface area is 97.6 Å². The van der Waals surface area contributed by atoms with Crippen LogP contribution in [-0.4, -0.2) is 61.1 Å². The fourth-order valence-corrected chi connectivity index (χ4v) is 2.32. The number of rotatable bonds is 4. The van der Waals surface area contributed by atoms with Gasteiger partial charge in [-0.15, -0.1) is 0 Å². The zero-order chi connectivity index (χ0) is 11.4. The van der Waals surface area contributed by atoms with E-state index in [2.05, 4.69) is 46.5 Å². The average molecular weight is 222 g/mol. The van der Waals surface area contributed by atoms with Gasteiger partial charge < -0.3 is 20.1 Å². The number of nitrogens with one attached hydrogen (secondary N) is 2. The predicted octanol–water partition coefficient (Wildman–Crippen LogP) is 0.350. The van der Waals surface area contributed by atoms with Crippen molar-refractivity contribution in [3.63, 3.8) is 0 Å². The molecule has 2 rings (SSSR count). The summed E-state index contributed by atoms with van der Waals surface area (Å²) >= 11 is 0. The molecule has 1 fully saturated rings. The molecule has 2 heterocycles. The summed E-state index contributed by atoms with van der Waals surface area (Å²) in [6.45, 7) is 5.55. The van der Waals surface area contributed by atoms with Crippen LogP contribution in [0, 0.1) is 0 Å². The van der Waals surface area contributed by atoms with E-state index < -0.39 is 0 Å². The number of nitrogens with zero attached hydrogens (tertiary/aromatic N) is 2. The van der Waals surface area contributed by atoms with Gasteiger partial charge in [0.2, 0.25) is 0 Å². The molecule has 16 heavy (non-hydrogen) atoms. The highest BCUT2D eigenvalue weighted by Crippen LogP contribution is 2.04. The summed E-state index contributed by atoms with van der Waals surface area (Å²) in [6, 6.07) is 2.74. The molecule has 1 aliphatic heterocycles. The van der Waals surface area contributed by atoms with E-state index in [1.54, 1.807) is 0 Å². The summed E-state index contributed by atoms with van der Waals surface area (Å²) in [7, 11) is 4.38. The van der Waals surface area contributed by atoms with Crippen molar-refractivity contribution >= 4 is 0 Å². The molecule has 0 bridgehead atoms. The van der Waals surface area contributed by atoms with Gasteiger partial charge in [0.1, 0.15) is 0 Å². The fraction of sp³-hybridized carbons (Fsp3) is 0.667. The average Bonchev–Trinajstić information content (AvgIpc) is 2.70. The molecule has 0 aromatic carbocycles. The third kappa shape index (κ3) is 3.33. The summed E-state index contributed by atoms with van der Waals surface area (Å²) in [6.07, 6.45) is 4.05. The van der Waals surface area contributed by atoms with Crippen molar-refractivity contribution in [3.8, 4) is 0 Å². The molecule has 1 aliphatic rings. The maximum Gasteiger partial charge on any atom is 0.0323 e. The van der Waals surface area contributed by atoms with Gasteiger partial charge >= 0.3 is 0 Å². The van der Waals surface area contributed by atoms with Crippen LogP contribution in [0.4, 0.5) is 0 Å². The molecule has 0 aliphatic carbocycles. The molecule has 0 saturated carbocycles. The van der Waals surface area contributed by atoms with Crippen molar-refractivity contribution in [3.05, 3.63) is 24.0 Å². The Hall–Kier alpha value is -0.840. The molecule has 1 unspecified atom stereocenters. The Kier molecular flexibility index (Phi) is 3.98. The molecule has 1 aromatic rings. The molecular weight excluding hydrogens is 200 g/mol. The van der Waals surface area contributed by atoms with Gasteiger partial charge in [0.05, 0.1) is 0 Å². The highest BCUT2D eigenvalue weighted by molar-refractivity contribution is 5.07. The number of hydrogen-bond donors (Lipinski definition) is 2. The molecule has 0 amide bonds. The second kappa shape index (κ2) is 5.48. The lowest BCUT2D eigenvalue weighted by Gasteiger charge is -2.33. The second-order valence-corrected chi connectivity index (χ2v) is 4.83. The van der Waals surface area contributed by atoms with Gasteiger partial charge in [0, 0.05) is 51.2 Å². The third-order valence-corrected chi connectivity index (χ3v) is 3.11. The number of piperazine rings is 1. The van der Waals surface area contributed by atoms with E-state index >= 15 is 0 Å². The third-order valence-electron chi connectivity index (χ3n) is 3.11. The quantitative estimate of drug-likeness (QED) is 0.771. The van der Waals surface area contributed by atoms with Crippen molar-refractivity contribution in [2.24, 2.45) is 0 Å². The minimum absolute atomic E-state index is 0.600. The molecular formula is C12H22N4. The van der Waals surface area contributed by atoms with E-state index in [9.17, 15) is 0 Å². The van der Waals surface area contributed by atoms with Crippen LogP contribution in [0.5, 0.6) is 0 Å². The highest BCUT2D eigenvalue weighted by Gasteiger charge is 2.17. The van der Waals surface area contributed by atoms with E-state index in [4.69, 9.17) is 0 Å². The first-order valence-electron chi connectivity index (χ1n) is 5.96. The van der Waals surface area contributed by atoms with Crippen LogP contribution >= 0.6 is 0 Å². The Morgan fingerprint density at radius 1 is 1.56 bits per heavy atom. The SMILES string of the molecule is CN1CCNC(CN(C)Cc2cc[nH]c2)C1. The van der Waals surface area contributed by atoms with Crippen LogP contribution in [-0.2, 0) is 6.54 Å². The van der Waals surface area contributed by atoms with E-state index in [1.165, 1.54) is 5.56 Å². The van der Waals surface area contributed by atoms with E-state index in [-0.39, 0.29) is 0 Å². The maximum atomic E-state index is 3.57. The van der Waals surface area contributed by atoms with Crippen molar-refractivity contribution in [1.29, 1.82) is 0 Å². The van der Waals surface area contributed by atoms with Gasteiger partial charge in [-0.25, -0.2) is 0 Å². The largest absolute Gasteiger partial charge is 0.367 e. The molecule has 2 N–H and O–H groups in total. The van der Waals surface area contributed by atoms with Gasteiger partial charge in [-0.2, -0.15) is 0 Å². The molecule has 1 atom stereocenters. The van der Waals surface area contributed by atoms with E-state index in [0.29, 0.717) is 6.04 Å². The van der Waals surface area contributed by atoms with Crippen LogP contribution in [0.25, 0.3) is 0 Å². The summed E-state index contributed by atoms with van der Waals surface area (Å²) in [5.41, 5.74) is 1.35. The molecule has 90 valence electrons. The molecule has 1 aromatic heterocycles. The summed E-state index contributed by atoms with van der Waals surface area (Å²) < 4.78 is 0. The van der Waals surface area contributed by atoms with Crippen molar-refractivity contribution in [2.75, 3.05) is 40.3 Å². The van der Waals surface area contributed by atoms with Crippen LogP contribution in [0.2, 0.25) is 0 Å². The lowest BCUT2D eigenvalue weighted by molar-refractivity contribution is 0.192. The predicted molar refractivity (Wildman–Crippen MR) is 66.4 cm³/mol. The fourth-order valence-electron chi connectivity index (χ4n) is 2.32. The monoisotopic (exact) mass is 222 g/mol. The first-order chi connectivity index (χ1) is 7.74. The molecule has 4 nitrogen and oxygen atoms in total. The van der Waals surface area contributed by atoms with Crippen molar-refractivity contribution < 1.29 is 0 Å². The Morgan fingerprint density at radius 3 is 3.12 bits per heavy atom. The van der Waals surface area contributed by atoms with Gasteiger partial charge in [-0.3, -0.25) is 0 Å². The van der Waals surface area contributed by atoms with Gasteiger partial charge in [0.25, 0.3) is 0 Å². The lowest BCUT2D eigenvalue weighted by Crippen LogP contribution is -2.53. The summed E-state index contributed by atoms with van der Waals surface area (Å²) in [5, 5.41) is 3.57. The number of likely N-dealkylation sites (N-methyl/N-ethyl adjacent to an activating group) is 2. The maximum absolute atomic E-state index is 3.57. The minimum atomic E-state index is 0.600. The standard InChI is InChI=1S/C12H22N4/c1-15-6-5-14-12(9-15)10-16(2)8-11-3-4-13-7-11/h3-4,7,12-14H,5-6,8-10H2,1-2H3. The zero-order valence-corrected chi connectivity index (χ0v) is 10.2. The second-order valence-electron chi connectivity index (χ2n) is 4.83. The molecule has 0 radical (unpaired) electrons. The Morgan fingerprint density at radius 2 is 2.44 bits per heavy atom. The molecule has 0 spiro atoms. The van der Waals surface area contributed by atoms with Crippen LogP contribution < -0.4 is 5.32 Å². The van der Waals surface area contributed by atoms with Crippen LogP contribution in [0.1, 0.15) is 5.56 Å².